The molecule has 6 nitrogen and oxygen atoms in total. The van der Waals surface area contributed by atoms with Gasteiger partial charge in [-0.25, -0.2) is 4.79 Å². The summed E-state index contributed by atoms with van der Waals surface area (Å²) in [5.74, 6) is 0.625. The van der Waals surface area contributed by atoms with Crippen molar-refractivity contribution in [2.75, 3.05) is 12.8 Å². The molecule has 2 amide bonds. The first-order valence-electron chi connectivity index (χ1n) is 5.40. The van der Waals surface area contributed by atoms with Crippen LogP contribution in [0, 0.1) is 0 Å². The van der Waals surface area contributed by atoms with E-state index in [1.54, 1.807) is 6.92 Å². The summed E-state index contributed by atoms with van der Waals surface area (Å²) in [6.45, 7) is 1.77. The highest BCUT2D eigenvalue weighted by atomic mass is 32.2. The van der Waals surface area contributed by atoms with Gasteiger partial charge in [0.25, 0.3) is 0 Å². The summed E-state index contributed by atoms with van der Waals surface area (Å²) in [6.07, 6.45) is 2.62. The first kappa shape index (κ1) is 15.8. The fourth-order valence-corrected chi connectivity index (χ4v) is 1.71. The van der Waals surface area contributed by atoms with Crippen LogP contribution in [-0.4, -0.2) is 29.8 Å². The van der Waals surface area contributed by atoms with Gasteiger partial charge in [0.15, 0.2) is 0 Å². The lowest BCUT2D eigenvalue weighted by Gasteiger charge is -2.01. The second-order valence-electron chi connectivity index (χ2n) is 3.36. The van der Waals surface area contributed by atoms with Crippen LogP contribution in [0.3, 0.4) is 0 Å². The van der Waals surface area contributed by atoms with Crippen molar-refractivity contribution >= 4 is 28.8 Å². The van der Waals surface area contributed by atoms with Crippen LogP contribution in [0.2, 0.25) is 0 Å². The summed E-state index contributed by atoms with van der Waals surface area (Å²) in [4.78, 5) is 25.7. The number of amides is 2. The largest absolute Gasteiger partial charge is 0.433 e. The van der Waals surface area contributed by atoms with Gasteiger partial charge in [-0.3, -0.25) is 9.63 Å². The number of carbonyl (C=O) groups is 2. The zero-order chi connectivity index (χ0) is 13.1. The smallest absolute Gasteiger partial charge is 0.370 e. The first-order valence-corrected chi connectivity index (χ1v) is 6.39. The lowest BCUT2D eigenvalue weighted by Crippen LogP contribution is -2.17. The molecule has 0 bridgehead atoms. The van der Waals surface area contributed by atoms with Crippen molar-refractivity contribution < 1.29 is 14.4 Å². The zero-order valence-corrected chi connectivity index (χ0v) is 11.0. The van der Waals surface area contributed by atoms with Crippen molar-refractivity contribution in [2.45, 2.75) is 32.6 Å². The standard InChI is InChI=1S/C10H19N3O3S/c1-8(13-16-10(15)12-2)17-7-5-3-4-6-9(11)14/h3-7H2,1-2H3,(H2,11,14)(H,12,15). The van der Waals surface area contributed by atoms with Gasteiger partial charge in [-0.15, -0.1) is 11.8 Å². The number of rotatable bonds is 7. The molecule has 3 N–H and O–H groups in total. The number of primary amides is 1. The van der Waals surface area contributed by atoms with Gasteiger partial charge in [0.2, 0.25) is 5.91 Å². The zero-order valence-electron chi connectivity index (χ0n) is 10.2. The molecule has 17 heavy (non-hydrogen) atoms. The van der Waals surface area contributed by atoms with Gasteiger partial charge in [-0.2, -0.15) is 0 Å². The maximum atomic E-state index is 10.7. The van der Waals surface area contributed by atoms with Gasteiger partial charge in [0.1, 0.15) is 5.04 Å². The van der Waals surface area contributed by atoms with Crippen LogP contribution < -0.4 is 11.1 Å². The second kappa shape index (κ2) is 9.95. The average molecular weight is 261 g/mol. The quantitative estimate of drug-likeness (QED) is 0.238. The minimum absolute atomic E-state index is 0.255. The van der Waals surface area contributed by atoms with Crippen LogP contribution in [0.15, 0.2) is 5.16 Å². The molecule has 0 aromatic heterocycles. The summed E-state index contributed by atoms with van der Waals surface area (Å²) >= 11 is 1.52. The molecular weight excluding hydrogens is 242 g/mol. The van der Waals surface area contributed by atoms with Crippen LogP contribution in [0.5, 0.6) is 0 Å². The van der Waals surface area contributed by atoms with Crippen molar-refractivity contribution in [3.8, 4) is 0 Å². The molecule has 98 valence electrons. The number of thioether (sulfide) groups is 1. The van der Waals surface area contributed by atoms with E-state index in [2.05, 4.69) is 15.3 Å². The number of unbranched alkanes of at least 4 members (excludes halogenated alkanes) is 2. The van der Waals surface area contributed by atoms with Crippen LogP contribution in [0.4, 0.5) is 4.79 Å². The topological polar surface area (TPSA) is 93.8 Å². The van der Waals surface area contributed by atoms with Crippen LogP contribution in [-0.2, 0) is 9.63 Å². The van der Waals surface area contributed by atoms with Crippen molar-refractivity contribution in [1.82, 2.24) is 5.32 Å². The van der Waals surface area contributed by atoms with E-state index in [1.807, 2.05) is 0 Å². The molecule has 0 aromatic rings. The molecule has 0 spiro atoms. The van der Waals surface area contributed by atoms with E-state index in [0.29, 0.717) is 11.5 Å². The fourth-order valence-electron chi connectivity index (χ4n) is 0.976. The van der Waals surface area contributed by atoms with Crippen LogP contribution >= 0.6 is 11.8 Å². The molecule has 0 saturated carbocycles. The van der Waals surface area contributed by atoms with Gasteiger partial charge in [-0.05, 0) is 25.5 Å². The average Bonchev–Trinajstić information content (AvgIpc) is 2.30. The number of oxime groups is 1. The van der Waals surface area contributed by atoms with E-state index in [-0.39, 0.29) is 5.91 Å². The molecule has 0 radical (unpaired) electrons. The normalized spacial score (nSPS) is 11.1. The second-order valence-corrected chi connectivity index (χ2v) is 4.65. The number of nitrogens with two attached hydrogens (primary N) is 1. The Hall–Kier alpha value is -1.24. The lowest BCUT2D eigenvalue weighted by atomic mass is 10.2. The fraction of sp³-hybridized carbons (Fsp3) is 0.700. The third-order valence-corrected chi connectivity index (χ3v) is 2.82. The highest BCUT2D eigenvalue weighted by Gasteiger charge is 1.99. The number of nitrogens with one attached hydrogen (secondary N) is 1. The maximum Gasteiger partial charge on any atom is 0.433 e. The molecular formula is C10H19N3O3S. The SMILES string of the molecule is CNC(=O)ON=C(C)SCCCCCC(N)=O. The Morgan fingerprint density at radius 2 is 2.06 bits per heavy atom. The molecule has 0 rings (SSSR count). The Balaban J connectivity index is 3.47. The van der Waals surface area contributed by atoms with E-state index in [4.69, 9.17) is 5.73 Å². The third kappa shape index (κ3) is 11.0. The Kier molecular flexibility index (Phi) is 9.22. The number of hydrogen-bond donors (Lipinski definition) is 2. The summed E-state index contributed by atoms with van der Waals surface area (Å²) in [7, 11) is 1.47. The molecule has 0 aromatic carbocycles. The molecule has 0 saturated heterocycles. The minimum atomic E-state index is -0.577. The van der Waals surface area contributed by atoms with E-state index in [1.165, 1.54) is 18.8 Å². The van der Waals surface area contributed by atoms with Crippen LogP contribution in [0.25, 0.3) is 0 Å². The van der Waals surface area contributed by atoms with Crippen molar-refractivity contribution in [3.05, 3.63) is 0 Å². The number of nitrogens with zero attached hydrogens (tertiary/aromatic N) is 1. The van der Waals surface area contributed by atoms with E-state index < -0.39 is 6.09 Å². The Morgan fingerprint density at radius 3 is 2.65 bits per heavy atom. The maximum absolute atomic E-state index is 10.7. The predicted molar refractivity (Wildman–Crippen MR) is 68.8 cm³/mol. The number of carbonyl (C=O) groups excluding carboxylic acids is 2. The van der Waals surface area contributed by atoms with Gasteiger partial charge in [0.05, 0.1) is 0 Å². The van der Waals surface area contributed by atoms with Crippen molar-refractivity contribution in [1.29, 1.82) is 0 Å². The van der Waals surface area contributed by atoms with E-state index >= 15 is 0 Å². The summed E-state index contributed by atoms with van der Waals surface area (Å²) < 4.78 is 0. The van der Waals surface area contributed by atoms with E-state index in [9.17, 15) is 9.59 Å². The van der Waals surface area contributed by atoms with Crippen molar-refractivity contribution in [2.24, 2.45) is 10.9 Å². The molecule has 0 unspecified atom stereocenters. The Labute approximate surface area is 105 Å². The van der Waals surface area contributed by atoms with Gasteiger partial charge < -0.3 is 11.1 Å². The Morgan fingerprint density at radius 1 is 1.35 bits per heavy atom. The first-order chi connectivity index (χ1) is 8.06. The molecule has 0 fully saturated rings. The summed E-state index contributed by atoms with van der Waals surface area (Å²) in [6, 6.07) is 0. The highest BCUT2D eigenvalue weighted by molar-refractivity contribution is 8.13. The highest BCUT2D eigenvalue weighted by Crippen LogP contribution is 2.09. The molecule has 0 aliphatic carbocycles. The van der Waals surface area contributed by atoms with E-state index in [0.717, 1.165) is 25.0 Å². The third-order valence-electron chi connectivity index (χ3n) is 1.84. The van der Waals surface area contributed by atoms with Gasteiger partial charge >= 0.3 is 6.09 Å². The molecule has 0 aliphatic heterocycles. The summed E-state index contributed by atoms with van der Waals surface area (Å²) in [5.41, 5.74) is 5.02. The van der Waals surface area contributed by atoms with Crippen LogP contribution in [0.1, 0.15) is 32.6 Å². The summed E-state index contributed by atoms with van der Waals surface area (Å²) in [5, 5.41) is 6.63. The molecule has 0 atom stereocenters. The van der Waals surface area contributed by atoms with Gasteiger partial charge in [-0.1, -0.05) is 11.6 Å². The van der Waals surface area contributed by atoms with Crippen molar-refractivity contribution in [3.63, 3.8) is 0 Å². The number of hydrogen-bond acceptors (Lipinski definition) is 5. The van der Waals surface area contributed by atoms with Gasteiger partial charge in [0, 0.05) is 13.5 Å². The monoisotopic (exact) mass is 261 g/mol. The molecule has 0 heterocycles. The molecule has 0 aliphatic rings. The predicted octanol–water partition coefficient (Wildman–Crippen LogP) is 1.45. The minimum Gasteiger partial charge on any atom is -0.370 e. The lowest BCUT2D eigenvalue weighted by molar-refractivity contribution is -0.118. The Bertz CT molecular complexity index is 282. The molecule has 7 heteroatoms.